The molecule has 0 fully saturated rings. The minimum atomic E-state index is -1.12. The monoisotopic (exact) mass is 314 g/mol. The number of para-hydroxylation sites is 2. The summed E-state index contributed by atoms with van der Waals surface area (Å²) in [6, 6.07) is 9.22. The first kappa shape index (κ1) is 16.6. The van der Waals surface area contributed by atoms with Gasteiger partial charge in [-0.2, -0.15) is 5.26 Å². The molecule has 0 saturated carbocycles. The summed E-state index contributed by atoms with van der Waals surface area (Å²) in [6.07, 6.45) is 0.764. The fourth-order valence-electron chi connectivity index (χ4n) is 2.11. The third-order valence-corrected chi connectivity index (χ3v) is 3.25. The zero-order valence-corrected chi connectivity index (χ0v) is 13.1. The molecule has 7 heteroatoms. The molecule has 2 aromatic rings. The van der Waals surface area contributed by atoms with Gasteiger partial charge in [-0.25, -0.2) is 9.97 Å². The zero-order valence-electron chi connectivity index (χ0n) is 13.1. The lowest BCUT2D eigenvalue weighted by atomic mass is 10.1. The summed E-state index contributed by atoms with van der Waals surface area (Å²) in [5, 5.41) is 12.4. The summed E-state index contributed by atoms with van der Waals surface area (Å²) in [5.41, 5.74) is 1.58. The Morgan fingerprint density at radius 2 is 2.00 bits per heavy atom. The van der Waals surface area contributed by atoms with Crippen molar-refractivity contribution >= 4 is 22.8 Å². The Kier molecular flexibility index (Phi) is 5.83. The Morgan fingerprint density at radius 3 is 2.61 bits per heavy atom. The molecule has 0 aliphatic heterocycles. The van der Waals surface area contributed by atoms with Gasteiger partial charge in [0.25, 0.3) is 0 Å². The Labute approximate surface area is 134 Å². The van der Waals surface area contributed by atoms with Gasteiger partial charge >= 0.3 is 5.97 Å². The maximum absolute atomic E-state index is 11.8. The quantitative estimate of drug-likeness (QED) is 0.615. The lowest BCUT2D eigenvalue weighted by Crippen LogP contribution is -2.18. The highest BCUT2D eigenvalue weighted by molar-refractivity contribution is 5.84. The number of benzene rings is 1. The first-order valence-corrected chi connectivity index (χ1v) is 7.18. The van der Waals surface area contributed by atoms with E-state index in [0.717, 1.165) is 6.42 Å². The number of anilines is 1. The van der Waals surface area contributed by atoms with Crippen molar-refractivity contribution in [1.82, 2.24) is 9.97 Å². The molecule has 1 aromatic carbocycles. The first-order valence-electron chi connectivity index (χ1n) is 7.18. The molecular formula is C16H18N4O3. The highest BCUT2D eigenvalue weighted by Crippen LogP contribution is 2.24. The number of carbonyl (C=O) groups is 1. The van der Waals surface area contributed by atoms with Crippen molar-refractivity contribution in [2.45, 2.75) is 12.3 Å². The molecule has 1 N–H and O–H groups in total. The second-order valence-electron chi connectivity index (χ2n) is 4.80. The Morgan fingerprint density at radius 1 is 1.30 bits per heavy atom. The molecule has 120 valence electrons. The van der Waals surface area contributed by atoms with Gasteiger partial charge < -0.3 is 14.8 Å². The number of rotatable bonds is 7. The van der Waals surface area contributed by atoms with Crippen molar-refractivity contribution < 1.29 is 14.3 Å². The molecule has 2 rings (SSSR count). The van der Waals surface area contributed by atoms with Crippen LogP contribution in [-0.2, 0) is 14.3 Å². The second-order valence-corrected chi connectivity index (χ2v) is 4.80. The van der Waals surface area contributed by atoms with E-state index in [9.17, 15) is 10.1 Å². The number of methoxy groups -OCH3 is 2. The van der Waals surface area contributed by atoms with E-state index in [1.165, 1.54) is 7.11 Å². The standard InChI is InChI=1S/C16H18N4O3/c1-22-9-5-8-18-15-14(11(10-17)16(21)23-2)19-12-6-3-4-7-13(12)20-15/h3-4,6-7,11H,5,8-9H2,1-2H3,(H,18,20)/t11-/m1/s1. The van der Waals surface area contributed by atoms with Gasteiger partial charge in [-0.05, 0) is 18.6 Å². The Hall–Kier alpha value is -2.72. The molecule has 0 unspecified atom stereocenters. The van der Waals surface area contributed by atoms with E-state index >= 15 is 0 Å². The fraction of sp³-hybridized carbons (Fsp3) is 0.375. The molecule has 1 aromatic heterocycles. The van der Waals surface area contributed by atoms with Crippen LogP contribution in [0.3, 0.4) is 0 Å². The van der Waals surface area contributed by atoms with Crippen LogP contribution in [0.5, 0.6) is 0 Å². The number of fused-ring (bicyclic) bond motifs is 1. The van der Waals surface area contributed by atoms with E-state index in [4.69, 9.17) is 9.47 Å². The number of carbonyl (C=O) groups excluding carboxylic acids is 1. The van der Waals surface area contributed by atoms with Gasteiger partial charge in [-0.3, -0.25) is 4.79 Å². The third-order valence-electron chi connectivity index (χ3n) is 3.25. The average molecular weight is 314 g/mol. The molecule has 0 spiro atoms. The smallest absolute Gasteiger partial charge is 0.329 e. The number of nitriles is 1. The van der Waals surface area contributed by atoms with Gasteiger partial charge in [0.2, 0.25) is 0 Å². The van der Waals surface area contributed by atoms with Crippen molar-refractivity contribution in [3.63, 3.8) is 0 Å². The molecule has 23 heavy (non-hydrogen) atoms. The summed E-state index contributed by atoms with van der Waals surface area (Å²) in [5.74, 6) is -1.36. The minimum Gasteiger partial charge on any atom is -0.468 e. The molecule has 1 atom stereocenters. The third kappa shape index (κ3) is 3.93. The zero-order chi connectivity index (χ0) is 16.7. The van der Waals surface area contributed by atoms with Crippen LogP contribution in [0.4, 0.5) is 5.82 Å². The van der Waals surface area contributed by atoms with Crippen molar-refractivity contribution in [2.24, 2.45) is 0 Å². The summed E-state index contributed by atoms with van der Waals surface area (Å²) in [7, 11) is 2.87. The molecule has 7 nitrogen and oxygen atoms in total. The highest BCUT2D eigenvalue weighted by atomic mass is 16.5. The van der Waals surface area contributed by atoms with Crippen LogP contribution in [0.15, 0.2) is 24.3 Å². The van der Waals surface area contributed by atoms with Gasteiger partial charge in [-0.15, -0.1) is 0 Å². The van der Waals surface area contributed by atoms with Crippen LogP contribution in [0.25, 0.3) is 11.0 Å². The topological polar surface area (TPSA) is 97.1 Å². The molecule has 0 bridgehead atoms. The van der Waals surface area contributed by atoms with E-state index in [2.05, 4.69) is 15.3 Å². The van der Waals surface area contributed by atoms with Crippen molar-refractivity contribution in [1.29, 1.82) is 5.26 Å². The largest absolute Gasteiger partial charge is 0.468 e. The number of nitrogens with zero attached hydrogens (tertiary/aromatic N) is 3. The summed E-state index contributed by atoms with van der Waals surface area (Å²) in [4.78, 5) is 20.8. The van der Waals surface area contributed by atoms with E-state index < -0.39 is 11.9 Å². The maximum Gasteiger partial charge on any atom is 0.329 e. The first-order chi connectivity index (χ1) is 11.2. The van der Waals surface area contributed by atoms with E-state index in [1.54, 1.807) is 13.2 Å². The highest BCUT2D eigenvalue weighted by Gasteiger charge is 2.27. The lowest BCUT2D eigenvalue weighted by molar-refractivity contribution is -0.141. The van der Waals surface area contributed by atoms with Crippen molar-refractivity contribution in [3.05, 3.63) is 30.0 Å². The molecule has 0 aliphatic rings. The average Bonchev–Trinajstić information content (AvgIpc) is 2.59. The Balaban J connectivity index is 2.41. The minimum absolute atomic E-state index is 0.274. The number of nitrogens with one attached hydrogen (secondary N) is 1. The van der Waals surface area contributed by atoms with Gasteiger partial charge in [-0.1, -0.05) is 12.1 Å². The summed E-state index contributed by atoms with van der Waals surface area (Å²) < 4.78 is 9.69. The lowest BCUT2D eigenvalue weighted by Gasteiger charge is -2.14. The Bertz CT molecular complexity index is 727. The van der Waals surface area contributed by atoms with Crippen LogP contribution in [0, 0.1) is 11.3 Å². The SMILES string of the molecule is COCCCNc1nc2ccccc2nc1[C@@H](C#N)C(=O)OC. The number of hydrogen-bond acceptors (Lipinski definition) is 7. The molecule has 0 aliphatic carbocycles. The molecule has 0 saturated heterocycles. The van der Waals surface area contributed by atoms with E-state index in [-0.39, 0.29) is 5.69 Å². The number of ether oxygens (including phenoxy) is 2. The van der Waals surface area contributed by atoms with Crippen molar-refractivity contribution in [2.75, 3.05) is 32.7 Å². The summed E-state index contributed by atoms with van der Waals surface area (Å²) >= 11 is 0. The van der Waals surface area contributed by atoms with Gasteiger partial charge in [0.15, 0.2) is 11.7 Å². The van der Waals surface area contributed by atoms with Crippen LogP contribution >= 0.6 is 0 Å². The van der Waals surface area contributed by atoms with E-state index in [0.29, 0.717) is 30.0 Å². The van der Waals surface area contributed by atoms with Crippen LogP contribution in [0.1, 0.15) is 18.0 Å². The summed E-state index contributed by atoms with van der Waals surface area (Å²) in [6.45, 7) is 1.19. The van der Waals surface area contributed by atoms with Gasteiger partial charge in [0.1, 0.15) is 5.69 Å². The predicted octanol–water partition coefficient (Wildman–Crippen LogP) is 1.86. The predicted molar refractivity (Wildman–Crippen MR) is 84.9 cm³/mol. The molecule has 0 amide bonds. The fourth-order valence-corrected chi connectivity index (χ4v) is 2.11. The number of aromatic nitrogens is 2. The molecular weight excluding hydrogens is 296 g/mol. The number of hydrogen-bond donors (Lipinski definition) is 1. The van der Waals surface area contributed by atoms with Crippen LogP contribution < -0.4 is 5.32 Å². The van der Waals surface area contributed by atoms with Crippen LogP contribution in [-0.4, -0.2) is 43.3 Å². The van der Waals surface area contributed by atoms with Crippen LogP contribution in [0.2, 0.25) is 0 Å². The maximum atomic E-state index is 11.8. The van der Waals surface area contributed by atoms with Gasteiger partial charge in [0, 0.05) is 20.3 Å². The van der Waals surface area contributed by atoms with E-state index in [1.807, 2.05) is 24.3 Å². The van der Waals surface area contributed by atoms with Gasteiger partial charge in [0.05, 0.1) is 24.2 Å². The normalized spacial score (nSPS) is 11.7. The molecule has 0 radical (unpaired) electrons. The second kappa shape index (κ2) is 8.06. The number of esters is 1. The molecule has 1 heterocycles. The van der Waals surface area contributed by atoms with Crippen molar-refractivity contribution in [3.8, 4) is 6.07 Å².